The van der Waals surface area contributed by atoms with Crippen LogP contribution >= 0.6 is 0 Å². The van der Waals surface area contributed by atoms with Crippen molar-refractivity contribution in [2.75, 3.05) is 18.5 Å². The molecule has 0 bridgehead atoms. The molecular formula is C8H11N3O. The smallest absolute Gasteiger partial charge is 0.129 e. The summed E-state index contributed by atoms with van der Waals surface area (Å²) in [4.78, 5) is 8.09. The lowest BCUT2D eigenvalue weighted by Crippen LogP contribution is -2.40. The number of nitrogens with one attached hydrogen (secondary N) is 1. The molecule has 0 saturated carbocycles. The molecule has 1 N–H and O–H groups in total. The standard InChI is InChI=1S/C8H11N3O/c1-6-2-8(10-5-9-6)11-7-3-12-4-7/h2,5,7H,3-4H2,1H3,(H,9,10,11). The van der Waals surface area contributed by atoms with Gasteiger partial charge >= 0.3 is 0 Å². The van der Waals surface area contributed by atoms with E-state index >= 15 is 0 Å². The van der Waals surface area contributed by atoms with E-state index in [0.717, 1.165) is 24.7 Å². The first-order chi connectivity index (χ1) is 5.84. The molecule has 0 aromatic carbocycles. The Morgan fingerprint density at radius 3 is 2.92 bits per heavy atom. The summed E-state index contributed by atoms with van der Waals surface area (Å²) in [6.45, 7) is 3.51. The van der Waals surface area contributed by atoms with Crippen molar-refractivity contribution in [3.05, 3.63) is 18.1 Å². The maximum atomic E-state index is 5.03. The highest BCUT2D eigenvalue weighted by atomic mass is 16.5. The molecule has 1 aliphatic heterocycles. The molecule has 0 radical (unpaired) electrons. The molecule has 0 aliphatic carbocycles. The van der Waals surface area contributed by atoms with Gasteiger partial charge in [0.1, 0.15) is 12.1 Å². The summed E-state index contributed by atoms with van der Waals surface area (Å²) in [5.41, 5.74) is 0.979. The van der Waals surface area contributed by atoms with Crippen molar-refractivity contribution in [1.82, 2.24) is 9.97 Å². The van der Waals surface area contributed by atoms with Crippen LogP contribution in [-0.2, 0) is 4.74 Å². The summed E-state index contributed by atoms with van der Waals surface area (Å²) in [5, 5.41) is 3.24. The lowest BCUT2D eigenvalue weighted by Gasteiger charge is -2.27. The van der Waals surface area contributed by atoms with Crippen LogP contribution in [-0.4, -0.2) is 29.2 Å². The molecule has 2 rings (SSSR count). The van der Waals surface area contributed by atoms with Crippen LogP contribution in [0.5, 0.6) is 0 Å². The molecule has 4 heteroatoms. The van der Waals surface area contributed by atoms with E-state index in [1.165, 1.54) is 0 Å². The Hall–Kier alpha value is -1.16. The maximum Gasteiger partial charge on any atom is 0.129 e. The van der Waals surface area contributed by atoms with E-state index in [2.05, 4.69) is 15.3 Å². The van der Waals surface area contributed by atoms with Crippen molar-refractivity contribution < 1.29 is 4.74 Å². The van der Waals surface area contributed by atoms with E-state index in [0.29, 0.717) is 6.04 Å². The van der Waals surface area contributed by atoms with Gasteiger partial charge in [0.15, 0.2) is 0 Å². The number of rotatable bonds is 2. The summed E-state index contributed by atoms with van der Waals surface area (Å²) >= 11 is 0. The molecule has 1 aromatic heterocycles. The van der Waals surface area contributed by atoms with Gasteiger partial charge in [0, 0.05) is 11.8 Å². The normalized spacial score (nSPS) is 17.1. The highest BCUT2D eigenvalue weighted by Gasteiger charge is 2.17. The molecule has 1 fully saturated rings. The minimum absolute atomic E-state index is 0.430. The molecule has 1 saturated heterocycles. The topological polar surface area (TPSA) is 47.0 Å². The summed E-state index contributed by atoms with van der Waals surface area (Å²) in [6.07, 6.45) is 1.57. The van der Waals surface area contributed by atoms with E-state index < -0.39 is 0 Å². The molecule has 2 heterocycles. The van der Waals surface area contributed by atoms with Crippen LogP contribution in [0, 0.1) is 6.92 Å². The molecular weight excluding hydrogens is 154 g/mol. The number of hydrogen-bond donors (Lipinski definition) is 1. The fourth-order valence-electron chi connectivity index (χ4n) is 1.06. The Labute approximate surface area is 71.0 Å². The third-order valence-corrected chi connectivity index (χ3v) is 1.79. The largest absolute Gasteiger partial charge is 0.377 e. The average molecular weight is 165 g/mol. The molecule has 4 nitrogen and oxygen atoms in total. The number of aryl methyl sites for hydroxylation is 1. The summed E-state index contributed by atoms with van der Waals surface area (Å²) in [7, 11) is 0. The highest BCUT2D eigenvalue weighted by Crippen LogP contribution is 2.09. The number of ether oxygens (including phenoxy) is 1. The Kier molecular flexibility index (Phi) is 1.91. The first-order valence-electron chi connectivity index (χ1n) is 3.97. The van der Waals surface area contributed by atoms with Crippen LogP contribution in [0.3, 0.4) is 0 Å². The van der Waals surface area contributed by atoms with Crippen molar-refractivity contribution in [1.29, 1.82) is 0 Å². The van der Waals surface area contributed by atoms with Gasteiger partial charge in [-0.25, -0.2) is 9.97 Å². The second-order valence-electron chi connectivity index (χ2n) is 2.92. The van der Waals surface area contributed by atoms with Crippen molar-refractivity contribution in [2.45, 2.75) is 13.0 Å². The Morgan fingerprint density at radius 1 is 1.50 bits per heavy atom. The molecule has 64 valence electrons. The first kappa shape index (κ1) is 7.49. The highest BCUT2D eigenvalue weighted by molar-refractivity contribution is 5.36. The van der Waals surface area contributed by atoms with Crippen molar-refractivity contribution in [3.63, 3.8) is 0 Å². The van der Waals surface area contributed by atoms with Gasteiger partial charge in [-0.15, -0.1) is 0 Å². The van der Waals surface area contributed by atoms with Gasteiger partial charge in [0.25, 0.3) is 0 Å². The van der Waals surface area contributed by atoms with Gasteiger partial charge < -0.3 is 10.1 Å². The predicted molar refractivity (Wildman–Crippen MR) is 45.0 cm³/mol. The summed E-state index contributed by atoms with van der Waals surface area (Å²) in [5.74, 6) is 0.885. The number of anilines is 1. The molecule has 0 spiro atoms. The minimum Gasteiger partial charge on any atom is -0.377 e. The molecule has 0 atom stereocenters. The fraction of sp³-hybridized carbons (Fsp3) is 0.500. The molecule has 1 aromatic rings. The van der Waals surface area contributed by atoms with Crippen molar-refractivity contribution >= 4 is 5.82 Å². The second kappa shape index (κ2) is 3.06. The third kappa shape index (κ3) is 1.53. The molecule has 0 unspecified atom stereocenters. The lowest BCUT2D eigenvalue weighted by atomic mass is 10.2. The number of hydrogen-bond acceptors (Lipinski definition) is 4. The van der Waals surface area contributed by atoms with Gasteiger partial charge in [0.05, 0.1) is 19.3 Å². The summed E-state index contributed by atoms with van der Waals surface area (Å²) in [6, 6.07) is 2.36. The van der Waals surface area contributed by atoms with Crippen LogP contribution in [0.2, 0.25) is 0 Å². The van der Waals surface area contributed by atoms with Gasteiger partial charge in [0.2, 0.25) is 0 Å². The Bertz CT molecular complexity index is 273. The van der Waals surface area contributed by atoms with Gasteiger partial charge in [-0.05, 0) is 6.92 Å². The Morgan fingerprint density at radius 2 is 2.33 bits per heavy atom. The lowest BCUT2D eigenvalue weighted by molar-refractivity contribution is 0.0209. The third-order valence-electron chi connectivity index (χ3n) is 1.79. The van der Waals surface area contributed by atoms with E-state index in [-0.39, 0.29) is 0 Å². The molecule has 12 heavy (non-hydrogen) atoms. The predicted octanol–water partition coefficient (Wildman–Crippen LogP) is 0.596. The van der Waals surface area contributed by atoms with Crippen LogP contribution in [0.1, 0.15) is 5.69 Å². The first-order valence-corrected chi connectivity index (χ1v) is 3.97. The zero-order valence-corrected chi connectivity index (χ0v) is 6.95. The van der Waals surface area contributed by atoms with Crippen LogP contribution in [0.4, 0.5) is 5.82 Å². The van der Waals surface area contributed by atoms with Crippen LogP contribution < -0.4 is 5.32 Å². The number of aromatic nitrogens is 2. The monoisotopic (exact) mass is 165 g/mol. The summed E-state index contributed by atoms with van der Waals surface area (Å²) < 4.78 is 5.03. The zero-order valence-electron chi connectivity index (χ0n) is 6.95. The van der Waals surface area contributed by atoms with Gasteiger partial charge in [-0.3, -0.25) is 0 Å². The molecule has 1 aliphatic rings. The van der Waals surface area contributed by atoms with Crippen LogP contribution in [0.25, 0.3) is 0 Å². The maximum absolute atomic E-state index is 5.03. The minimum atomic E-state index is 0.430. The van der Waals surface area contributed by atoms with Crippen molar-refractivity contribution in [3.8, 4) is 0 Å². The van der Waals surface area contributed by atoms with E-state index in [1.54, 1.807) is 6.33 Å². The molecule has 0 amide bonds. The van der Waals surface area contributed by atoms with E-state index in [9.17, 15) is 0 Å². The Balaban J connectivity index is 2.02. The zero-order chi connectivity index (χ0) is 8.39. The van der Waals surface area contributed by atoms with Crippen molar-refractivity contribution in [2.24, 2.45) is 0 Å². The SMILES string of the molecule is Cc1cc(NC2COC2)ncn1. The van der Waals surface area contributed by atoms with Gasteiger partial charge in [-0.2, -0.15) is 0 Å². The fourth-order valence-corrected chi connectivity index (χ4v) is 1.06. The quantitative estimate of drug-likeness (QED) is 0.697. The van der Waals surface area contributed by atoms with Crippen LogP contribution in [0.15, 0.2) is 12.4 Å². The van der Waals surface area contributed by atoms with E-state index in [4.69, 9.17) is 4.74 Å². The van der Waals surface area contributed by atoms with E-state index in [1.807, 2.05) is 13.0 Å². The number of nitrogens with zero attached hydrogens (tertiary/aromatic N) is 2. The second-order valence-corrected chi connectivity index (χ2v) is 2.92. The van der Waals surface area contributed by atoms with Gasteiger partial charge in [-0.1, -0.05) is 0 Å². The average Bonchev–Trinajstić information content (AvgIpc) is 1.97.